The number of aliphatic hydroxyl groups is 8. The molecule has 310 valence electrons. The third-order valence-corrected chi connectivity index (χ3v) is 15.6. The van der Waals surface area contributed by atoms with Gasteiger partial charge in [-0.15, -0.1) is 0 Å². The second-order valence-corrected chi connectivity index (χ2v) is 19.3. The highest BCUT2D eigenvalue weighted by atomic mass is 16.8. The largest absolute Gasteiger partial charge is 0.394 e. The highest BCUT2D eigenvalue weighted by Gasteiger charge is 2.68. The number of hydrogen-bond donors (Lipinski definition) is 8. The maximum atomic E-state index is 12.1. The molecule has 54 heavy (non-hydrogen) atoms. The molecule has 4 aliphatic carbocycles. The van der Waals surface area contributed by atoms with Crippen molar-refractivity contribution in [1.82, 2.24) is 0 Å². The molecule has 6 fully saturated rings. The number of allylic oxidation sites excluding steroid dienone is 4. The molecule has 12 heteroatoms. The number of hydrogen-bond acceptors (Lipinski definition) is 12. The van der Waals surface area contributed by atoms with E-state index < -0.39 is 80.0 Å². The smallest absolute Gasteiger partial charge is 0.187 e. The van der Waals surface area contributed by atoms with Crippen LogP contribution in [0.4, 0.5) is 0 Å². The van der Waals surface area contributed by atoms with Crippen LogP contribution in [0.1, 0.15) is 100 Å². The Bertz CT molecular complexity index is 1360. The van der Waals surface area contributed by atoms with Gasteiger partial charge in [-0.05, 0) is 117 Å². The summed E-state index contributed by atoms with van der Waals surface area (Å²) in [5.41, 5.74) is 2.29. The van der Waals surface area contributed by atoms with Gasteiger partial charge >= 0.3 is 0 Å². The van der Waals surface area contributed by atoms with Crippen LogP contribution in [0.5, 0.6) is 0 Å². The van der Waals surface area contributed by atoms with Crippen LogP contribution in [0, 0.1) is 51.8 Å². The van der Waals surface area contributed by atoms with Crippen molar-refractivity contribution in [2.24, 2.45) is 51.8 Å². The Labute approximate surface area is 321 Å². The molecule has 6 aliphatic rings. The van der Waals surface area contributed by atoms with Crippen molar-refractivity contribution in [1.29, 1.82) is 0 Å². The molecular formula is C42H70O12. The summed E-state index contributed by atoms with van der Waals surface area (Å²) in [6.45, 7) is 17.0. The predicted octanol–water partition coefficient (Wildman–Crippen LogP) is 2.81. The van der Waals surface area contributed by atoms with Crippen LogP contribution in [0.2, 0.25) is 0 Å². The second-order valence-electron chi connectivity index (χ2n) is 19.3. The standard InChI is InChI=1S/C42H70O12/c1-20(2)10-9-11-21(3)23-12-14-42(8)30-22(4)16-28-40(5,6)29(13-15-41(28,7)24(30)17-25(45)31(23)42)53-39-37(35(49)33(47)27(19-44)52-39)54-38-36(50)34(48)32(46)26(18-43)51-38/h10-11,22-39,43-50H,9,12-19H2,1-8H3. The summed E-state index contributed by atoms with van der Waals surface area (Å²) in [7, 11) is 0. The minimum absolute atomic E-state index is 0.0324. The SMILES string of the molecule is CC(C)=CCC=C(C)C1CCC2(C)C1C(O)CC1C2C(C)CC2C(C)(C)C(OC3OC(CO)C(O)C(O)C3OC3OC(CO)C(O)C(O)C3O)CCC12C. The lowest BCUT2D eigenvalue weighted by molar-refractivity contribution is -0.378. The van der Waals surface area contributed by atoms with Gasteiger partial charge in [-0.1, -0.05) is 57.9 Å². The monoisotopic (exact) mass is 766 g/mol. The fourth-order valence-electron chi connectivity index (χ4n) is 12.9. The zero-order valence-corrected chi connectivity index (χ0v) is 33.6. The van der Waals surface area contributed by atoms with Crippen molar-refractivity contribution in [3.8, 4) is 0 Å². The van der Waals surface area contributed by atoms with E-state index in [9.17, 15) is 40.9 Å². The van der Waals surface area contributed by atoms with Gasteiger partial charge in [0.05, 0.1) is 25.4 Å². The van der Waals surface area contributed by atoms with Gasteiger partial charge in [-0.25, -0.2) is 0 Å². The van der Waals surface area contributed by atoms with Gasteiger partial charge in [-0.3, -0.25) is 0 Å². The lowest BCUT2D eigenvalue weighted by Crippen LogP contribution is -2.66. The molecule has 0 spiro atoms. The fourth-order valence-corrected chi connectivity index (χ4v) is 12.9. The van der Waals surface area contributed by atoms with Crippen molar-refractivity contribution in [2.45, 2.75) is 174 Å². The molecule has 0 aromatic heterocycles. The van der Waals surface area contributed by atoms with Crippen LogP contribution >= 0.6 is 0 Å². The summed E-state index contributed by atoms with van der Waals surface area (Å²) in [5.74, 6) is 2.09. The van der Waals surface area contributed by atoms with Crippen LogP contribution in [0.15, 0.2) is 23.3 Å². The van der Waals surface area contributed by atoms with Crippen molar-refractivity contribution < 1.29 is 59.8 Å². The van der Waals surface area contributed by atoms with E-state index in [1.165, 1.54) is 11.1 Å². The first-order chi connectivity index (χ1) is 25.3. The fraction of sp³-hybridized carbons (Fsp3) is 0.905. The van der Waals surface area contributed by atoms with Crippen LogP contribution in [-0.4, -0.2) is 128 Å². The maximum absolute atomic E-state index is 12.1. The Morgan fingerprint density at radius 2 is 1.31 bits per heavy atom. The average Bonchev–Trinajstić information content (AvgIpc) is 3.48. The minimum Gasteiger partial charge on any atom is -0.394 e. The normalized spacial score (nSPS) is 51.9. The molecule has 0 radical (unpaired) electrons. The van der Waals surface area contributed by atoms with Crippen molar-refractivity contribution >= 4 is 0 Å². The zero-order chi connectivity index (χ0) is 39.7. The van der Waals surface area contributed by atoms with Crippen LogP contribution in [0.3, 0.4) is 0 Å². The predicted molar refractivity (Wildman–Crippen MR) is 199 cm³/mol. The van der Waals surface area contributed by atoms with Gasteiger partial charge in [-0.2, -0.15) is 0 Å². The molecular weight excluding hydrogens is 696 g/mol. The topological polar surface area (TPSA) is 199 Å². The molecule has 8 N–H and O–H groups in total. The van der Waals surface area contributed by atoms with E-state index >= 15 is 0 Å². The molecule has 12 nitrogen and oxygen atoms in total. The molecule has 2 aliphatic heterocycles. The van der Waals surface area contributed by atoms with Crippen molar-refractivity contribution in [3.05, 3.63) is 23.3 Å². The molecule has 4 saturated carbocycles. The average molecular weight is 767 g/mol. The van der Waals surface area contributed by atoms with E-state index in [-0.39, 0.29) is 34.9 Å². The number of aliphatic hydroxyl groups excluding tert-OH is 8. The molecule has 6 rings (SSSR count). The third-order valence-electron chi connectivity index (χ3n) is 15.6. The number of fused-ring (bicyclic) bond motifs is 5. The molecule has 2 heterocycles. The Balaban J connectivity index is 1.23. The highest BCUT2D eigenvalue weighted by molar-refractivity contribution is 5.21. The molecule has 0 bridgehead atoms. The highest BCUT2D eigenvalue weighted by Crippen LogP contribution is 2.72. The van der Waals surface area contributed by atoms with Crippen LogP contribution in [-0.2, 0) is 18.9 Å². The maximum Gasteiger partial charge on any atom is 0.187 e. The van der Waals surface area contributed by atoms with Crippen LogP contribution < -0.4 is 0 Å². The molecule has 0 amide bonds. The quantitative estimate of drug-likeness (QED) is 0.126. The first-order valence-electron chi connectivity index (χ1n) is 20.5. The van der Waals surface area contributed by atoms with E-state index in [0.29, 0.717) is 30.1 Å². The van der Waals surface area contributed by atoms with E-state index in [0.717, 1.165) is 38.5 Å². The number of ether oxygens (including phenoxy) is 4. The molecule has 0 aromatic rings. The summed E-state index contributed by atoms with van der Waals surface area (Å²) in [4.78, 5) is 0. The lowest BCUT2D eigenvalue weighted by atomic mass is 9.38. The lowest BCUT2D eigenvalue weighted by Gasteiger charge is -2.68. The van der Waals surface area contributed by atoms with Crippen LogP contribution in [0.25, 0.3) is 0 Å². The molecule has 0 aromatic carbocycles. The van der Waals surface area contributed by atoms with Gasteiger partial charge in [0.25, 0.3) is 0 Å². The first-order valence-corrected chi connectivity index (χ1v) is 20.5. The summed E-state index contributed by atoms with van der Waals surface area (Å²) >= 11 is 0. The molecule has 2 saturated heterocycles. The zero-order valence-electron chi connectivity index (χ0n) is 33.6. The van der Waals surface area contributed by atoms with Gasteiger partial charge in [0.2, 0.25) is 0 Å². The Hall–Kier alpha value is -1.00. The summed E-state index contributed by atoms with van der Waals surface area (Å²) < 4.78 is 24.4. The molecule has 20 unspecified atom stereocenters. The summed E-state index contributed by atoms with van der Waals surface area (Å²) in [6.07, 6.45) is -4.62. The minimum atomic E-state index is -1.74. The van der Waals surface area contributed by atoms with E-state index in [1.807, 2.05) is 0 Å². The van der Waals surface area contributed by atoms with Crippen molar-refractivity contribution in [3.63, 3.8) is 0 Å². The first kappa shape index (κ1) is 42.6. The molecule has 20 atom stereocenters. The number of rotatable bonds is 9. The Morgan fingerprint density at radius 3 is 1.94 bits per heavy atom. The third kappa shape index (κ3) is 7.21. The van der Waals surface area contributed by atoms with E-state index in [4.69, 9.17) is 18.9 Å². The van der Waals surface area contributed by atoms with E-state index in [1.54, 1.807) is 0 Å². The van der Waals surface area contributed by atoms with Gasteiger partial charge in [0, 0.05) is 0 Å². The second kappa shape index (κ2) is 16.0. The van der Waals surface area contributed by atoms with Crippen molar-refractivity contribution in [2.75, 3.05) is 13.2 Å². The van der Waals surface area contributed by atoms with Gasteiger partial charge in [0.1, 0.15) is 48.8 Å². The summed E-state index contributed by atoms with van der Waals surface area (Å²) in [6, 6.07) is 0. The van der Waals surface area contributed by atoms with Gasteiger partial charge in [0.15, 0.2) is 12.6 Å². The summed E-state index contributed by atoms with van der Waals surface area (Å²) in [5, 5.41) is 85.4. The van der Waals surface area contributed by atoms with E-state index in [2.05, 4.69) is 67.5 Å². The Morgan fingerprint density at radius 1 is 0.704 bits per heavy atom. The Kier molecular flexibility index (Phi) is 12.6. The van der Waals surface area contributed by atoms with Gasteiger partial charge < -0.3 is 59.8 Å².